The second-order valence-corrected chi connectivity index (χ2v) is 4.86. The van der Waals surface area contributed by atoms with Gasteiger partial charge in [0.2, 0.25) is 0 Å². The SMILES string of the molecule is CCC(C)CC1=CC=CC=C(C)C=CC=CC=C1. The lowest BCUT2D eigenvalue weighted by Crippen LogP contribution is -1.93. The van der Waals surface area contributed by atoms with E-state index < -0.39 is 0 Å². The third kappa shape index (κ3) is 6.24. The second-order valence-electron chi connectivity index (χ2n) is 4.86. The molecule has 1 aliphatic rings. The summed E-state index contributed by atoms with van der Waals surface area (Å²) in [6.45, 7) is 6.66. The third-order valence-corrected chi connectivity index (χ3v) is 3.06. The molecule has 1 aliphatic carbocycles. The highest BCUT2D eigenvalue weighted by Gasteiger charge is 2.00. The van der Waals surface area contributed by atoms with E-state index in [4.69, 9.17) is 0 Å². The molecule has 1 rings (SSSR count). The number of rotatable bonds is 3. The fraction of sp³-hybridized carbons (Fsp3) is 0.333. The van der Waals surface area contributed by atoms with Crippen molar-refractivity contribution in [3.8, 4) is 0 Å². The van der Waals surface area contributed by atoms with Gasteiger partial charge in [0.15, 0.2) is 0 Å². The first-order chi connectivity index (χ1) is 8.72. The summed E-state index contributed by atoms with van der Waals surface area (Å²) in [5.41, 5.74) is 2.65. The second kappa shape index (κ2) is 8.52. The Morgan fingerprint density at radius 1 is 0.889 bits per heavy atom. The Balaban J connectivity index is 2.85. The van der Waals surface area contributed by atoms with E-state index in [1.54, 1.807) is 0 Å². The molecule has 0 aromatic heterocycles. The maximum absolute atomic E-state index is 2.30. The van der Waals surface area contributed by atoms with Gasteiger partial charge in [-0.3, -0.25) is 0 Å². The van der Waals surface area contributed by atoms with Gasteiger partial charge in [0, 0.05) is 0 Å². The van der Waals surface area contributed by atoms with Gasteiger partial charge in [-0.05, 0) is 24.8 Å². The van der Waals surface area contributed by atoms with Crippen LogP contribution in [0.4, 0.5) is 0 Å². The summed E-state index contributed by atoms with van der Waals surface area (Å²) in [7, 11) is 0. The molecular weight excluding hydrogens is 216 g/mol. The van der Waals surface area contributed by atoms with Crippen LogP contribution in [0.5, 0.6) is 0 Å². The molecule has 0 radical (unpaired) electrons. The number of hydrogen-bond donors (Lipinski definition) is 0. The highest BCUT2D eigenvalue weighted by Crippen LogP contribution is 2.16. The van der Waals surface area contributed by atoms with Crippen molar-refractivity contribution in [1.29, 1.82) is 0 Å². The summed E-state index contributed by atoms with van der Waals surface area (Å²) in [5, 5.41) is 0. The number of hydrogen-bond acceptors (Lipinski definition) is 0. The van der Waals surface area contributed by atoms with Crippen LogP contribution in [0.25, 0.3) is 0 Å². The average Bonchev–Trinajstić information content (AvgIpc) is 2.36. The van der Waals surface area contributed by atoms with Crippen molar-refractivity contribution < 1.29 is 0 Å². The summed E-state index contributed by atoms with van der Waals surface area (Å²) < 4.78 is 0. The van der Waals surface area contributed by atoms with Crippen molar-refractivity contribution in [2.24, 2.45) is 5.92 Å². The van der Waals surface area contributed by atoms with Crippen molar-refractivity contribution in [2.45, 2.75) is 33.6 Å². The lowest BCUT2D eigenvalue weighted by atomic mass is 9.98. The minimum absolute atomic E-state index is 0.739. The molecule has 0 saturated heterocycles. The fourth-order valence-electron chi connectivity index (χ4n) is 1.70. The largest absolute Gasteiger partial charge is 0.0651 e. The maximum atomic E-state index is 2.30. The molecule has 96 valence electrons. The van der Waals surface area contributed by atoms with E-state index >= 15 is 0 Å². The zero-order valence-electron chi connectivity index (χ0n) is 11.8. The van der Waals surface area contributed by atoms with Gasteiger partial charge in [-0.25, -0.2) is 0 Å². The minimum atomic E-state index is 0.739. The Labute approximate surface area is 112 Å². The average molecular weight is 240 g/mol. The quantitative estimate of drug-likeness (QED) is 0.608. The molecular formula is C18H24. The van der Waals surface area contributed by atoms with Crippen LogP contribution in [0.15, 0.2) is 71.9 Å². The smallest absolute Gasteiger partial charge is 0.0253 e. The first-order valence-electron chi connectivity index (χ1n) is 6.78. The molecule has 0 aliphatic heterocycles. The van der Waals surface area contributed by atoms with Gasteiger partial charge in [-0.2, -0.15) is 0 Å². The lowest BCUT2D eigenvalue weighted by Gasteiger charge is -2.08. The van der Waals surface area contributed by atoms with Gasteiger partial charge in [0.05, 0.1) is 0 Å². The summed E-state index contributed by atoms with van der Waals surface area (Å²) >= 11 is 0. The summed E-state index contributed by atoms with van der Waals surface area (Å²) in [5.74, 6) is 0.739. The Hall–Kier alpha value is -1.56. The van der Waals surface area contributed by atoms with Gasteiger partial charge in [0.25, 0.3) is 0 Å². The van der Waals surface area contributed by atoms with E-state index in [0.29, 0.717) is 0 Å². The van der Waals surface area contributed by atoms with Gasteiger partial charge in [0.1, 0.15) is 0 Å². The predicted molar refractivity (Wildman–Crippen MR) is 82.5 cm³/mol. The Bertz CT molecular complexity index is 411. The third-order valence-electron chi connectivity index (χ3n) is 3.06. The van der Waals surface area contributed by atoms with Crippen LogP contribution in [0.2, 0.25) is 0 Å². The Morgan fingerprint density at radius 3 is 2.28 bits per heavy atom. The van der Waals surface area contributed by atoms with E-state index in [-0.39, 0.29) is 0 Å². The lowest BCUT2D eigenvalue weighted by molar-refractivity contribution is 0.562. The van der Waals surface area contributed by atoms with E-state index in [2.05, 4.69) is 81.5 Å². The number of allylic oxidation sites excluding steroid dienone is 12. The fourth-order valence-corrected chi connectivity index (χ4v) is 1.70. The van der Waals surface area contributed by atoms with Gasteiger partial charge < -0.3 is 0 Å². The van der Waals surface area contributed by atoms with Crippen molar-refractivity contribution >= 4 is 0 Å². The van der Waals surface area contributed by atoms with E-state index in [9.17, 15) is 0 Å². The van der Waals surface area contributed by atoms with E-state index in [0.717, 1.165) is 12.3 Å². The van der Waals surface area contributed by atoms with Crippen LogP contribution in [0, 0.1) is 5.92 Å². The van der Waals surface area contributed by atoms with Gasteiger partial charge in [-0.15, -0.1) is 0 Å². The zero-order chi connectivity index (χ0) is 13.2. The van der Waals surface area contributed by atoms with Crippen LogP contribution >= 0.6 is 0 Å². The van der Waals surface area contributed by atoms with Crippen LogP contribution in [0.3, 0.4) is 0 Å². The van der Waals surface area contributed by atoms with Crippen molar-refractivity contribution in [3.05, 3.63) is 71.9 Å². The van der Waals surface area contributed by atoms with E-state index in [1.807, 2.05) is 0 Å². The summed E-state index contributed by atoms with van der Waals surface area (Å²) in [4.78, 5) is 0. The van der Waals surface area contributed by atoms with Crippen LogP contribution < -0.4 is 0 Å². The molecule has 0 heteroatoms. The molecule has 0 aromatic rings. The molecule has 18 heavy (non-hydrogen) atoms. The van der Waals surface area contributed by atoms with Crippen molar-refractivity contribution in [1.82, 2.24) is 0 Å². The molecule has 1 unspecified atom stereocenters. The molecule has 0 amide bonds. The Morgan fingerprint density at radius 2 is 1.56 bits per heavy atom. The molecule has 0 saturated carbocycles. The predicted octanol–water partition coefficient (Wildman–Crippen LogP) is 5.53. The molecule has 0 aromatic carbocycles. The molecule has 0 spiro atoms. The standard InChI is InChI=1S/C18H24/c1-4-16(2)15-18-13-8-6-5-7-11-17(3)12-9-10-14-18/h5-14,16H,4,15H2,1-3H3. The highest BCUT2D eigenvalue weighted by molar-refractivity contribution is 5.32. The van der Waals surface area contributed by atoms with Crippen molar-refractivity contribution in [2.75, 3.05) is 0 Å². The molecule has 0 heterocycles. The molecule has 0 nitrogen and oxygen atoms in total. The summed E-state index contributed by atoms with van der Waals surface area (Å²) in [6, 6.07) is 0. The van der Waals surface area contributed by atoms with Crippen LogP contribution in [-0.2, 0) is 0 Å². The summed E-state index contributed by atoms with van der Waals surface area (Å²) in [6.07, 6.45) is 23.6. The first-order valence-corrected chi connectivity index (χ1v) is 6.78. The normalized spacial score (nSPS) is 17.7. The van der Waals surface area contributed by atoms with Crippen molar-refractivity contribution in [3.63, 3.8) is 0 Å². The molecule has 0 N–H and O–H groups in total. The maximum Gasteiger partial charge on any atom is -0.0253 e. The minimum Gasteiger partial charge on any atom is -0.0651 e. The van der Waals surface area contributed by atoms with Crippen LogP contribution in [-0.4, -0.2) is 0 Å². The van der Waals surface area contributed by atoms with Crippen LogP contribution in [0.1, 0.15) is 33.6 Å². The molecule has 0 bridgehead atoms. The molecule has 1 atom stereocenters. The first kappa shape index (κ1) is 14.5. The zero-order valence-corrected chi connectivity index (χ0v) is 11.8. The monoisotopic (exact) mass is 240 g/mol. The van der Waals surface area contributed by atoms with Gasteiger partial charge in [-0.1, -0.05) is 86.6 Å². The van der Waals surface area contributed by atoms with E-state index in [1.165, 1.54) is 17.6 Å². The topological polar surface area (TPSA) is 0 Å². The van der Waals surface area contributed by atoms with Gasteiger partial charge >= 0.3 is 0 Å². The Kier molecular flexibility index (Phi) is 6.86. The highest BCUT2D eigenvalue weighted by atomic mass is 14.1. The molecule has 0 fully saturated rings.